The second kappa shape index (κ2) is 7.02. The van der Waals surface area contributed by atoms with Crippen molar-refractivity contribution in [2.45, 2.75) is 0 Å². The molecule has 1 heterocycles. The Morgan fingerprint density at radius 1 is 1.39 bits per heavy atom. The molecule has 98 valence electrons. The molecule has 0 saturated heterocycles. The predicted octanol–water partition coefficient (Wildman–Crippen LogP) is 3.52. The number of halogens is 3. The number of para-hydroxylation sites is 1. The highest BCUT2D eigenvalue weighted by molar-refractivity contribution is 8.93. The molecule has 0 bridgehead atoms. The second-order valence-corrected chi connectivity index (χ2v) is 4.42. The van der Waals surface area contributed by atoms with Crippen LogP contribution in [0.25, 0.3) is 0 Å². The van der Waals surface area contributed by atoms with Crippen LogP contribution >= 0.6 is 40.2 Å². The molecule has 0 saturated carbocycles. The summed E-state index contributed by atoms with van der Waals surface area (Å²) in [6, 6.07) is 5.45. The number of anilines is 1. The standard InChI is InChI=1S/C12H13Cl2N3.BrH/c1-2-8-17(12-15-6-7-16-12)11-9(13)4-3-5-10(11)14;/h2-5H,1,6-8H2,(H,15,16);1H. The second-order valence-electron chi connectivity index (χ2n) is 3.60. The molecule has 0 aliphatic carbocycles. The van der Waals surface area contributed by atoms with Gasteiger partial charge >= 0.3 is 0 Å². The van der Waals surface area contributed by atoms with Gasteiger partial charge in [-0.3, -0.25) is 4.99 Å². The van der Waals surface area contributed by atoms with E-state index in [1.165, 1.54) is 0 Å². The minimum atomic E-state index is 0. The first-order valence-corrected chi connectivity index (χ1v) is 6.10. The number of guanidine groups is 1. The fourth-order valence-corrected chi connectivity index (χ4v) is 2.33. The molecule has 0 amide bonds. The highest BCUT2D eigenvalue weighted by atomic mass is 79.9. The number of benzene rings is 1. The Kier molecular flexibility index (Phi) is 5.99. The molecule has 2 rings (SSSR count). The minimum absolute atomic E-state index is 0. The van der Waals surface area contributed by atoms with E-state index in [4.69, 9.17) is 23.2 Å². The zero-order chi connectivity index (χ0) is 12.3. The first-order chi connectivity index (χ1) is 8.24. The van der Waals surface area contributed by atoms with Gasteiger partial charge in [0.1, 0.15) is 0 Å². The van der Waals surface area contributed by atoms with Crippen LogP contribution in [0.15, 0.2) is 35.8 Å². The number of hydrogen-bond acceptors (Lipinski definition) is 3. The van der Waals surface area contributed by atoms with Crippen molar-refractivity contribution in [3.05, 3.63) is 40.9 Å². The van der Waals surface area contributed by atoms with Gasteiger partial charge < -0.3 is 10.2 Å². The topological polar surface area (TPSA) is 27.6 Å². The van der Waals surface area contributed by atoms with Crippen LogP contribution in [0.1, 0.15) is 0 Å². The molecule has 0 aromatic heterocycles. The van der Waals surface area contributed by atoms with Crippen molar-refractivity contribution >= 4 is 51.8 Å². The van der Waals surface area contributed by atoms with Crippen LogP contribution in [0.2, 0.25) is 10.0 Å². The molecule has 1 aromatic carbocycles. The van der Waals surface area contributed by atoms with Crippen LogP contribution in [-0.4, -0.2) is 25.6 Å². The fraction of sp³-hybridized carbons (Fsp3) is 0.250. The summed E-state index contributed by atoms with van der Waals surface area (Å²) in [5, 5.41) is 4.42. The van der Waals surface area contributed by atoms with Crippen LogP contribution in [-0.2, 0) is 0 Å². The molecule has 3 nitrogen and oxygen atoms in total. The molecule has 1 aliphatic rings. The van der Waals surface area contributed by atoms with Crippen molar-refractivity contribution in [3.8, 4) is 0 Å². The number of rotatable bonds is 3. The van der Waals surface area contributed by atoms with Gasteiger partial charge in [-0.25, -0.2) is 0 Å². The molecular formula is C12H14BrCl2N3. The van der Waals surface area contributed by atoms with E-state index in [2.05, 4.69) is 16.9 Å². The van der Waals surface area contributed by atoms with E-state index < -0.39 is 0 Å². The third kappa shape index (κ3) is 3.19. The minimum Gasteiger partial charge on any atom is -0.354 e. The van der Waals surface area contributed by atoms with Crippen molar-refractivity contribution in [2.24, 2.45) is 4.99 Å². The Balaban J connectivity index is 0.00000162. The maximum absolute atomic E-state index is 6.20. The van der Waals surface area contributed by atoms with E-state index in [-0.39, 0.29) is 17.0 Å². The van der Waals surface area contributed by atoms with Crippen LogP contribution < -0.4 is 10.2 Å². The summed E-state index contributed by atoms with van der Waals surface area (Å²) in [6.45, 7) is 5.96. The molecule has 0 fully saturated rings. The van der Waals surface area contributed by atoms with E-state index in [1.54, 1.807) is 6.08 Å². The maximum Gasteiger partial charge on any atom is 0.199 e. The largest absolute Gasteiger partial charge is 0.354 e. The van der Waals surface area contributed by atoms with Crippen molar-refractivity contribution in [1.82, 2.24) is 5.32 Å². The van der Waals surface area contributed by atoms with E-state index in [0.717, 1.165) is 24.7 Å². The van der Waals surface area contributed by atoms with Crippen molar-refractivity contribution < 1.29 is 0 Å². The fourth-order valence-electron chi connectivity index (χ4n) is 1.73. The Bertz CT molecular complexity index is 442. The summed E-state index contributed by atoms with van der Waals surface area (Å²) in [6.07, 6.45) is 1.79. The predicted molar refractivity (Wildman–Crippen MR) is 84.6 cm³/mol. The van der Waals surface area contributed by atoms with Crippen molar-refractivity contribution in [2.75, 3.05) is 24.5 Å². The van der Waals surface area contributed by atoms with E-state index >= 15 is 0 Å². The quantitative estimate of drug-likeness (QED) is 0.844. The average Bonchev–Trinajstić information content (AvgIpc) is 2.80. The Morgan fingerprint density at radius 2 is 2.06 bits per heavy atom. The summed E-state index contributed by atoms with van der Waals surface area (Å²) >= 11 is 12.4. The molecule has 0 atom stereocenters. The molecule has 18 heavy (non-hydrogen) atoms. The Labute approximate surface area is 127 Å². The molecule has 6 heteroatoms. The number of aliphatic imine (C=N–C) groups is 1. The highest BCUT2D eigenvalue weighted by Gasteiger charge is 2.20. The lowest BCUT2D eigenvalue weighted by Crippen LogP contribution is -2.39. The molecule has 0 spiro atoms. The Morgan fingerprint density at radius 3 is 2.56 bits per heavy atom. The first kappa shape index (κ1) is 15.3. The normalized spacial score (nSPS) is 13.3. The third-order valence-corrected chi connectivity index (χ3v) is 3.04. The molecule has 1 aliphatic heterocycles. The van der Waals surface area contributed by atoms with Crippen LogP contribution in [0.5, 0.6) is 0 Å². The summed E-state index contributed by atoms with van der Waals surface area (Å²) in [5.41, 5.74) is 0.767. The molecular weight excluding hydrogens is 337 g/mol. The van der Waals surface area contributed by atoms with Gasteiger partial charge in [0.05, 0.1) is 22.3 Å². The summed E-state index contributed by atoms with van der Waals surface area (Å²) < 4.78 is 0. The summed E-state index contributed by atoms with van der Waals surface area (Å²) in [7, 11) is 0. The van der Waals surface area contributed by atoms with E-state index in [1.807, 2.05) is 23.1 Å². The first-order valence-electron chi connectivity index (χ1n) is 5.35. The van der Waals surface area contributed by atoms with Crippen molar-refractivity contribution in [1.29, 1.82) is 0 Å². The van der Waals surface area contributed by atoms with Gasteiger partial charge in [-0.2, -0.15) is 0 Å². The van der Waals surface area contributed by atoms with Gasteiger partial charge in [-0.15, -0.1) is 23.6 Å². The zero-order valence-electron chi connectivity index (χ0n) is 9.70. The average molecular weight is 351 g/mol. The number of nitrogens with one attached hydrogen (secondary N) is 1. The smallest absolute Gasteiger partial charge is 0.199 e. The molecule has 1 aromatic rings. The van der Waals surface area contributed by atoms with Crippen LogP contribution in [0.3, 0.4) is 0 Å². The number of hydrogen-bond donors (Lipinski definition) is 1. The van der Waals surface area contributed by atoms with E-state index in [9.17, 15) is 0 Å². The molecule has 0 radical (unpaired) electrons. The SMILES string of the molecule is Br.C=CCN(C1=NCCN1)c1c(Cl)cccc1Cl. The molecule has 0 unspecified atom stereocenters. The van der Waals surface area contributed by atoms with Crippen LogP contribution in [0.4, 0.5) is 5.69 Å². The van der Waals surface area contributed by atoms with Gasteiger partial charge in [0, 0.05) is 13.1 Å². The summed E-state index contributed by atoms with van der Waals surface area (Å²) in [4.78, 5) is 6.31. The lowest BCUT2D eigenvalue weighted by molar-refractivity contribution is 0.945. The third-order valence-electron chi connectivity index (χ3n) is 2.43. The molecule has 1 N–H and O–H groups in total. The van der Waals surface area contributed by atoms with E-state index in [0.29, 0.717) is 16.6 Å². The highest BCUT2D eigenvalue weighted by Crippen LogP contribution is 2.33. The number of nitrogens with zero attached hydrogens (tertiary/aromatic N) is 2. The van der Waals surface area contributed by atoms with Crippen molar-refractivity contribution in [3.63, 3.8) is 0 Å². The summed E-state index contributed by atoms with van der Waals surface area (Å²) in [5.74, 6) is 0.792. The lowest BCUT2D eigenvalue weighted by Gasteiger charge is -2.25. The van der Waals surface area contributed by atoms with Gasteiger partial charge in [-0.05, 0) is 12.1 Å². The Hall–Kier alpha value is -0.710. The van der Waals surface area contributed by atoms with Gasteiger partial charge in [-0.1, -0.05) is 35.3 Å². The maximum atomic E-state index is 6.20. The van der Waals surface area contributed by atoms with Gasteiger partial charge in [0.25, 0.3) is 0 Å². The monoisotopic (exact) mass is 349 g/mol. The zero-order valence-corrected chi connectivity index (χ0v) is 12.9. The van der Waals surface area contributed by atoms with Crippen LogP contribution in [0, 0.1) is 0 Å². The van der Waals surface area contributed by atoms with Gasteiger partial charge in [0.2, 0.25) is 0 Å². The van der Waals surface area contributed by atoms with Gasteiger partial charge in [0.15, 0.2) is 5.96 Å². The lowest BCUT2D eigenvalue weighted by atomic mass is 10.3.